The molecule has 0 bridgehead atoms. The van der Waals surface area contributed by atoms with E-state index in [0.717, 1.165) is 12.8 Å². The van der Waals surface area contributed by atoms with Crippen molar-refractivity contribution in [2.75, 3.05) is 19.3 Å². The Hall–Kier alpha value is -1.60. The number of nitrogen functional groups attached to an aromatic ring is 1. The summed E-state index contributed by atoms with van der Waals surface area (Å²) in [5.41, 5.74) is 6.03. The molecule has 6 nitrogen and oxygen atoms in total. The molecule has 1 amide bonds. The molecule has 1 atom stereocenters. The Morgan fingerprint density at radius 2 is 2.15 bits per heavy atom. The minimum Gasteiger partial charge on any atom is -0.399 e. The lowest BCUT2D eigenvalue weighted by atomic mass is 10.0. The van der Waals surface area contributed by atoms with E-state index < -0.39 is 16.1 Å². The maximum Gasteiger partial charge on any atom is 0.243 e. The summed E-state index contributed by atoms with van der Waals surface area (Å²) in [6, 6.07) is 5.51. The summed E-state index contributed by atoms with van der Waals surface area (Å²) in [5, 5.41) is 2.53. The Labute approximate surface area is 119 Å². The van der Waals surface area contributed by atoms with E-state index in [9.17, 15) is 13.2 Å². The van der Waals surface area contributed by atoms with Crippen molar-refractivity contribution in [1.29, 1.82) is 0 Å². The van der Waals surface area contributed by atoms with Crippen LogP contribution in [0.2, 0.25) is 0 Å². The van der Waals surface area contributed by atoms with Crippen LogP contribution < -0.4 is 11.1 Å². The first-order valence-electron chi connectivity index (χ1n) is 6.56. The number of sulfonamides is 1. The number of hydrogen-bond donors (Lipinski definition) is 2. The van der Waals surface area contributed by atoms with Gasteiger partial charge in [-0.15, -0.1) is 0 Å². The van der Waals surface area contributed by atoms with Gasteiger partial charge in [-0.05, 0) is 31.0 Å². The minimum atomic E-state index is -3.70. The first-order chi connectivity index (χ1) is 9.46. The van der Waals surface area contributed by atoms with Gasteiger partial charge in [0.25, 0.3) is 0 Å². The average Bonchev–Trinajstić information content (AvgIpc) is 2.46. The van der Waals surface area contributed by atoms with Crippen LogP contribution in [-0.4, -0.2) is 38.3 Å². The molecule has 0 radical (unpaired) electrons. The Morgan fingerprint density at radius 3 is 2.80 bits per heavy atom. The lowest BCUT2D eigenvalue weighted by Gasteiger charge is -2.33. The Balaban J connectivity index is 2.38. The minimum absolute atomic E-state index is 0.133. The van der Waals surface area contributed by atoms with Crippen LogP contribution in [0.15, 0.2) is 29.2 Å². The quantitative estimate of drug-likeness (QED) is 0.797. The number of rotatable bonds is 3. The predicted octanol–water partition coefficient (Wildman–Crippen LogP) is 0.558. The molecule has 7 heteroatoms. The van der Waals surface area contributed by atoms with Crippen LogP contribution in [0.1, 0.15) is 19.3 Å². The third kappa shape index (κ3) is 2.78. The summed E-state index contributed by atoms with van der Waals surface area (Å²) in [6.07, 6.45) is 2.15. The number of amides is 1. The van der Waals surface area contributed by atoms with E-state index in [-0.39, 0.29) is 10.8 Å². The van der Waals surface area contributed by atoms with Crippen LogP contribution in [0.25, 0.3) is 0 Å². The average molecular weight is 297 g/mol. The summed E-state index contributed by atoms with van der Waals surface area (Å²) >= 11 is 0. The van der Waals surface area contributed by atoms with Gasteiger partial charge in [0.1, 0.15) is 6.04 Å². The smallest absolute Gasteiger partial charge is 0.243 e. The molecular formula is C13H19N3O3S. The van der Waals surface area contributed by atoms with Crippen molar-refractivity contribution in [2.24, 2.45) is 0 Å². The molecule has 1 unspecified atom stereocenters. The van der Waals surface area contributed by atoms with E-state index in [1.807, 2.05) is 0 Å². The predicted molar refractivity (Wildman–Crippen MR) is 76.5 cm³/mol. The third-order valence-electron chi connectivity index (χ3n) is 3.47. The highest BCUT2D eigenvalue weighted by molar-refractivity contribution is 7.89. The summed E-state index contributed by atoms with van der Waals surface area (Å²) in [4.78, 5) is 12.0. The van der Waals surface area contributed by atoms with Crippen LogP contribution in [-0.2, 0) is 14.8 Å². The van der Waals surface area contributed by atoms with Gasteiger partial charge in [-0.1, -0.05) is 12.5 Å². The molecule has 1 aromatic carbocycles. The number of likely N-dealkylation sites (N-methyl/N-ethyl adjacent to an activating group) is 1. The lowest BCUT2D eigenvalue weighted by Crippen LogP contribution is -2.51. The second-order valence-corrected chi connectivity index (χ2v) is 6.70. The molecule has 1 saturated heterocycles. The molecule has 1 aliphatic rings. The highest BCUT2D eigenvalue weighted by Gasteiger charge is 2.37. The first kappa shape index (κ1) is 14.8. The highest BCUT2D eigenvalue weighted by Crippen LogP contribution is 2.26. The molecule has 1 aromatic rings. The van der Waals surface area contributed by atoms with Gasteiger partial charge < -0.3 is 11.1 Å². The number of nitrogens with two attached hydrogens (primary N) is 1. The molecule has 20 heavy (non-hydrogen) atoms. The number of carbonyl (C=O) groups is 1. The fraction of sp³-hybridized carbons (Fsp3) is 0.462. The SMILES string of the molecule is CNC(=O)C1CCCCN1S(=O)(=O)c1cccc(N)c1. The van der Waals surface area contributed by atoms with Gasteiger partial charge >= 0.3 is 0 Å². The molecule has 0 saturated carbocycles. The van der Waals surface area contributed by atoms with E-state index in [0.29, 0.717) is 18.7 Å². The van der Waals surface area contributed by atoms with Gasteiger partial charge in [0, 0.05) is 19.3 Å². The van der Waals surface area contributed by atoms with Crippen molar-refractivity contribution in [2.45, 2.75) is 30.2 Å². The largest absolute Gasteiger partial charge is 0.399 e. The van der Waals surface area contributed by atoms with Crippen molar-refractivity contribution >= 4 is 21.6 Å². The van der Waals surface area contributed by atoms with Crippen molar-refractivity contribution in [1.82, 2.24) is 9.62 Å². The van der Waals surface area contributed by atoms with Crippen molar-refractivity contribution in [3.8, 4) is 0 Å². The fourth-order valence-electron chi connectivity index (χ4n) is 2.43. The lowest BCUT2D eigenvalue weighted by molar-refractivity contribution is -0.125. The van der Waals surface area contributed by atoms with E-state index in [1.165, 1.54) is 23.5 Å². The number of nitrogens with one attached hydrogen (secondary N) is 1. The number of benzene rings is 1. The van der Waals surface area contributed by atoms with Gasteiger partial charge in [-0.25, -0.2) is 8.42 Å². The number of nitrogens with zero attached hydrogens (tertiary/aromatic N) is 1. The van der Waals surface area contributed by atoms with Gasteiger partial charge in [-0.3, -0.25) is 4.79 Å². The van der Waals surface area contributed by atoms with E-state index in [4.69, 9.17) is 5.73 Å². The second kappa shape index (κ2) is 5.80. The normalized spacial score (nSPS) is 20.6. The highest BCUT2D eigenvalue weighted by atomic mass is 32.2. The second-order valence-electron chi connectivity index (χ2n) is 4.81. The molecule has 110 valence electrons. The molecule has 1 fully saturated rings. The molecule has 2 rings (SSSR count). The standard InChI is InChI=1S/C13H19N3O3S/c1-15-13(17)12-7-2-3-8-16(12)20(18,19)11-6-4-5-10(14)9-11/h4-6,9,12H,2-3,7-8,14H2,1H3,(H,15,17). The van der Waals surface area contributed by atoms with Crippen molar-refractivity contribution in [3.05, 3.63) is 24.3 Å². The Bertz CT molecular complexity index is 601. The van der Waals surface area contributed by atoms with Crippen LogP contribution in [0, 0.1) is 0 Å². The number of piperidine rings is 1. The first-order valence-corrected chi connectivity index (χ1v) is 8.00. The number of carbonyl (C=O) groups excluding carboxylic acids is 1. The summed E-state index contributed by atoms with van der Waals surface area (Å²) in [5.74, 6) is -0.267. The van der Waals surface area contributed by atoms with Gasteiger partial charge in [0.2, 0.25) is 15.9 Å². The molecular weight excluding hydrogens is 278 g/mol. The van der Waals surface area contributed by atoms with E-state index in [1.54, 1.807) is 12.1 Å². The summed E-state index contributed by atoms with van der Waals surface area (Å²) in [7, 11) is -2.18. The zero-order valence-corrected chi connectivity index (χ0v) is 12.2. The van der Waals surface area contributed by atoms with Crippen molar-refractivity contribution in [3.63, 3.8) is 0 Å². The summed E-state index contributed by atoms with van der Waals surface area (Å²) in [6.45, 7) is 0.356. The van der Waals surface area contributed by atoms with E-state index in [2.05, 4.69) is 5.32 Å². The molecule has 0 spiro atoms. The third-order valence-corrected chi connectivity index (χ3v) is 5.37. The van der Waals surface area contributed by atoms with Crippen LogP contribution in [0.5, 0.6) is 0 Å². The Kier molecular flexibility index (Phi) is 4.29. The van der Waals surface area contributed by atoms with Gasteiger partial charge in [0.05, 0.1) is 4.90 Å². The molecule has 0 aliphatic carbocycles. The maximum absolute atomic E-state index is 12.7. The number of anilines is 1. The Morgan fingerprint density at radius 1 is 1.40 bits per heavy atom. The van der Waals surface area contributed by atoms with Crippen molar-refractivity contribution < 1.29 is 13.2 Å². The van der Waals surface area contributed by atoms with E-state index >= 15 is 0 Å². The topological polar surface area (TPSA) is 92.5 Å². The van der Waals surface area contributed by atoms with Crippen LogP contribution >= 0.6 is 0 Å². The monoisotopic (exact) mass is 297 g/mol. The van der Waals surface area contributed by atoms with Gasteiger partial charge in [0.15, 0.2) is 0 Å². The zero-order chi connectivity index (χ0) is 14.8. The maximum atomic E-state index is 12.7. The zero-order valence-electron chi connectivity index (χ0n) is 11.4. The number of hydrogen-bond acceptors (Lipinski definition) is 4. The van der Waals surface area contributed by atoms with Gasteiger partial charge in [-0.2, -0.15) is 4.31 Å². The summed E-state index contributed by atoms with van der Waals surface area (Å²) < 4.78 is 26.6. The molecule has 3 N–H and O–H groups in total. The molecule has 1 aliphatic heterocycles. The van der Waals surface area contributed by atoms with Crippen LogP contribution in [0.4, 0.5) is 5.69 Å². The molecule has 0 aromatic heterocycles. The molecule has 1 heterocycles. The van der Waals surface area contributed by atoms with Crippen LogP contribution in [0.3, 0.4) is 0 Å². The fourth-order valence-corrected chi connectivity index (χ4v) is 4.14.